The number of ketones is 2. The third kappa shape index (κ3) is 5.10. The summed E-state index contributed by atoms with van der Waals surface area (Å²) in [5, 5.41) is 10.3. The van der Waals surface area contributed by atoms with E-state index in [0.717, 1.165) is 29.6 Å². The Morgan fingerprint density at radius 2 is 1.43 bits per heavy atom. The molecule has 0 aliphatic carbocycles. The maximum atomic E-state index is 13.2. The summed E-state index contributed by atoms with van der Waals surface area (Å²) in [5.74, 6) is -2.96. The number of nitrogens with zero attached hydrogens (tertiary/aromatic N) is 2. The lowest BCUT2D eigenvalue weighted by molar-refractivity contribution is 0.0692. The van der Waals surface area contributed by atoms with Crippen molar-refractivity contribution in [3.05, 3.63) is 124 Å². The lowest BCUT2D eigenvalue weighted by Gasteiger charge is -2.19. The second-order valence-electron chi connectivity index (χ2n) is 7.67. The van der Waals surface area contributed by atoms with Gasteiger partial charge in [0.1, 0.15) is 11.5 Å². The number of aromatic nitrogens is 1. The van der Waals surface area contributed by atoms with Gasteiger partial charge in [0.15, 0.2) is 5.78 Å². The molecule has 0 aliphatic heterocycles. The van der Waals surface area contributed by atoms with E-state index >= 15 is 0 Å². The van der Waals surface area contributed by atoms with Crippen molar-refractivity contribution in [2.45, 2.75) is 0 Å². The van der Waals surface area contributed by atoms with Crippen molar-refractivity contribution in [2.75, 3.05) is 11.9 Å². The predicted molar refractivity (Wildman–Crippen MR) is 130 cm³/mol. The van der Waals surface area contributed by atoms with Crippen molar-refractivity contribution < 1.29 is 23.9 Å². The number of halogens is 2. The summed E-state index contributed by atoms with van der Waals surface area (Å²) < 4.78 is 13.2. The highest BCUT2D eigenvalue weighted by Gasteiger charge is 2.21. The SMILES string of the molecule is CN(c1ccc(Cl)cc1)c1ccc(C(=O)c2ccc(C(=O)c3ccc(F)cc3)c(C(=O)O)c2)nc1. The second kappa shape index (κ2) is 9.87. The molecular formula is C27H18ClFN2O4. The first-order valence-corrected chi connectivity index (χ1v) is 10.8. The Morgan fingerprint density at radius 3 is 2.03 bits per heavy atom. The van der Waals surface area contributed by atoms with Crippen molar-refractivity contribution in [2.24, 2.45) is 0 Å². The number of carbonyl (C=O) groups excluding carboxylic acids is 2. The Kier molecular flexibility index (Phi) is 6.71. The Bertz CT molecular complexity index is 1420. The molecule has 0 fully saturated rings. The molecule has 174 valence electrons. The van der Waals surface area contributed by atoms with E-state index in [1.807, 2.05) is 24.1 Å². The lowest BCUT2D eigenvalue weighted by Crippen LogP contribution is -2.13. The molecule has 0 spiro atoms. The topological polar surface area (TPSA) is 87.6 Å². The second-order valence-corrected chi connectivity index (χ2v) is 8.10. The summed E-state index contributed by atoms with van der Waals surface area (Å²) in [7, 11) is 1.84. The number of carboxylic acids is 1. The summed E-state index contributed by atoms with van der Waals surface area (Å²) in [4.78, 5) is 43.7. The molecular weight excluding hydrogens is 471 g/mol. The molecule has 1 N–H and O–H groups in total. The summed E-state index contributed by atoms with van der Waals surface area (Å²) in [5.41, 5.74) is 1.50. The van der Waals surface area contributed by atoms with E-state index in [1.54, 1.807) is 24.3 Å². The quantitative estimate of drug-likeness (QED) is 0.331. The Balaban J connectivity index is 1.60. The Hall–Kier alpha value is -4.36. The first kappa shape index (κ1) is 23.8. The molecule has 0 radical (unpaired) electrons. The van der Waals surface area contributed by atoms with Gasteiger partial charge in [0, 0.05) is 34.4 Å². The van der Waals surface area contributed by atoms with Gasteiger partial charge < -0.3 is 10.0 Å². The highest BCUT2D eigenvalue weighted by atomic mass is 35.5. The minimum absolute atomic E-state index is 0.0735. The monoisotopic (exact) mass is 488 g/mol. The number of hydrogen-bond donors (Lipinski definition) is 1. The summed E-state index contributed by atoms with van der Waals surface area (Å²) in [6.45, 7) is 0. The molecule has 0 bridgehead atoms. The number of pyridine rings is 1. The van der Waals surface area contributed by atoms with E-state index in [0.29, 0.717) is 5.02 Å². The van der Waals surface area contributed by atoms with E-state index in [4.69, 9.17) is 11.6 Å². The molecule has 4 aromatic rings. The molecule has 0 unspecified atom stereocenters. The number of hydrogen-bond acceptors (Lipinski definition) is 5. The Morgan fingerprint density at radius 1 is 0.800 bits per heavy atom. The number of benzene rings is 3. The highest BCUT2D eigenvalue weighted by Crippen LogP contribution is 2.25. The maximum Gasteiger partial charge on any atom is 0.336 e. The van der Waals surface area contributed by atoms with Crippen LogP contribution in [0, 0.1) is 5.82 Å². The summed E-state index contributed by atoms with van der Waals surface area (Å²) in [6.07, 6.45) is 1.53. The molecule has 0 atom stereocenters. The van der Waals surface area contributed by atoms with Gasteiger partial charge in [0.25, 0.3) is 0 Å². The minimum atomic E-state index is -1.36. The van der Waals surface area contributed by atoms with Crippen molar-refractivity contribution >= 4 is 40.5 Å². The van der Waals surface area contributed by atoms with Crippen LogP contribution in [0.3, 0.4) is 0 Å². The van der Waals surface area contributed by atoms with Gasteiger partial charge in [-0.25, -0.2) is 9.18 Å². The third-order valence-corrected chi connectivity index (χ3v) is 5.70. The van der Waals surface area contributed by atoms with E-state index < -0.39 is 23.4 Å². The fraction of sp³-hybridized carbons (Fsp3) is 0.0370. The van der Waals surface area contributed by atoms with Gasteiger partial charge in [0.2, 0.25) is 5.78 Å². The van der Waals surface area contributed by atoms with Crippen molar-refractivity contribution in [1.29, 1.82) is 0 Å². The van der Waals surface area contributed by atoms with Crippen LogP contribution in [-0.2, 0) is 0 Å². The molecule has 1 heterocycles. The predicted octanol–water partition coefficient (Wildman–Crippen LogP) is 5.80. The standard InChI is InChI=1S/C27H18ClFN2O4/c1-31(20-9-5-18(28)6-10-20)21-11-13-24(30-15-21)26(33)17-4-12-22(23(14-17)27(34)35)25(32)16-2-7-19(29)8-3-16/h2-15H,1H3,(H,34,35). The van der Waals surface area contributed by atoms with Crippen LogP contribution < -0.4 is 4.90 Å². The fourth-order valence-electron chi connectivity index (χ4n) is 3.50. The van der Waals surface area contributed by atoms with Gasteiger partial charge in [-0.05, 0) is 72.8 Å². The first-order chi connectivity index (χ1) is 16.7. The number of carboxylic acid groups (broad SMARTS) is 1. The van der Waals surface area contributed by atoms with Gasteiger partial charge in [0.05, 0.1) is 17.4 Å². The van der Waals surface area contributed by atoms with Crippen LogP contribution in [0.4, 0.5) is 15.8 Å². The largest absolute Gasteiger partial charge is 0.478 e. The van der Waals surface area contributed by atoms with Crippen molar-refractivity contribution in [3.8, 4) is 0 Å². The van der Waals surface area contributed by atoms with Crippen molar-refractivity contribution in [3.63, 3.8) is 0 Å². The van der Waals surface area contributed by atoms with Gasteiger partial charge in [-0.2, -0.15) is 0 Å². The average Bonchev–Trinajstić information content (AvgIpc) is 2.88. The molecule has 4 rings (SSSR count). The zero-order valence-corrected chi connectivity index (χ0v) is 19.2. The van der Waals surface area contributed by atoms with E-state index in [-0.39, 0.29) is 27.9 Å². The van der Waals surface area contributed by atoms with Gasteiger partial charge in [-0.3, -0.25) is 14.6 Å². The van der Waals surface area contributed by atoms with Crippen LogP contribution in [0.1, 0.15) is 42.3 Å². The number of anilines is 2. The molecule has 0 aliphatic rings. The molecule has 0 saturated heterocycles. The average molecular weight is 489 g/mol. The van der Waals surface area contributed by atoms with Gasteiger partial charge >= 0.3 is 5.97 Å². The molecule has 1 aromatic heterocycles. The third-order valence-electron chi connectivity index (χ3n) is 5.44. The molecule has 3 aromatic carbocycles. The fourth-order valence-corrected chi connectivity index (χ4v) is 3.62. The smallest absolute Gasteiger partial charge is 0.336 e. The number of carbonyl (C=O) groups is 3. The van der Waals surface area contributed by atoms with Gasteiger partial charge in [-0.1, -0.05) is 17.7 Å². The van der Waals surface area contributed by atoms with Crippen LogP contribution >= 0.6 is 11.6 Å². The van der Waals surface area contributed by atoms with E-state index in [2.05, 4.69) is 4.98 Å². The van der Waals surface area contributed by atoms with Crippen LogP contribution in [-0.4, -0.2) is 34.7 Å². The first-order valence-electron chi connectivity index (χ1n) is 10.4. The van der Waals surface area contributed by atoms with Crippen molar-refractivity contribution in [1.82, 2.24) is 4.98 Å². The molecule has 8 heteroatoms. The molecule has 35 heavy (non-hydrogen) atoms. The normalized spacial score (nSPS) is 10.6. The number of rotatable bonds is 7. The summed E-state index contributed by atoms with van der Waals surface area (Å²) >= 11 is 5.93. The molecule has 6 nitrogen and oxygen atoms in total. The van der Waals surface area contributed by atoms with Crippen LogP contribution in [0.2, 0.25) is 5.02 Å². The zero-order valence-electron chi connectivity index (χ0n) is 18.4. The van der Waals surface area contributed by atoms with E-state index in [1.165, 1.54) is 30.5 Å². The van der Waals surface area contributed by atoms with Crippen LogP contribution in [0.5, 0.6) is 0 Å². The summed E-state index contributed by atoms with van der Waals surface area (Å²) in [6, 6.07) is 19.1. The molecule has 0 amide bonds. The van der Waals surface area contributed by atoms with E-state index in [9.17, 15) is 23.9 Å². The van der Waals surface area contributed by atoms with Gasteiger partial charge in [-0.15, -0.1) is 0 Å². The zero-order chi connectivity index (χ0) is 25.1. The Labute approximate surface area is 205 Å². The number of aromatic carboxylic acids is 1. The minimum Gasteiger partial charge on any atom is -0.478 e. The van der Waals surface area contributed by atoms with Crippen LogP contribution in [0.25, 0.3) is 0 Å². The van der Waals surface area contributed by atoms with Crippen LogP contribution in [0.15, 0.2) is 85.1 Å². The highest BCUT2D eigenvalue weighted by molar-refractivity contribution is 6.30. The molecule has 0 saturated carbocycles. The lowest BCUT2D eigenvalue weighted by atomic mass is 9.95. The maximum absolute atomic E-state index is 13.2.